The first-order chi connectivity index (χ1) is 12.9. The van der Waals surface area contributed by atoms with Crippen molar-refractivity contribution in [3.8, 4) is 0 Å². The molecule has 0 aliphatic heterocycles. The van der Waals surface area contributed by atoms with Gasteiger partial charge in [0.25, 0.3) is 5.91 Å². The van der Waals surface area contributed by atoms with Crippen molar-refractivity contribution in [2.24, 2.45) is 11.5 Å². The number of primary amides is 1. The minimum atomic E-state index is -0.585. The van der Waals surface area contributed by atoms with Gasteiger partial charge in [-0.2, -0.15) is 0 Å². The molecule has 1 aliphatic carbocycles. The van der Waals surface area contributed by atoms with E-state index in [-0.39, 0.29) is 17.8 Å². The Hall–Kier alpha value is -2.67. The van der Waals surface area contributed by atoms with Crippen LogP contribution in [-0.2, 0) is 0 Å². The number of hydrogen-bond donors (Lipinski definition) is 4. The van der Waals surface area contributed by atoms with Crippen molar-refractivity contribution in [1.29, 1.82) is 0 Å². The fourth-order valence-corrected chi connectivity index (χ4v) is 3.37. The summed E-state index contributed by atoms with van der Waals surface area (Å²) < 4.78 is 0. The smallest absolute Gasteiger partial charge is 0.269 e. The van der Waals surface area contributed by atoms with Crippen molar-refractivity contribution in [3.63, 3.8) is 0 Å². The highest BCUT2D eigenvalue weighted by Gasteiger charge is 2.22. The Labute approximate surface area is 160 Å². The molecule has 7 nitrogen and oxygen atoms in total. The fraction of sp³-hybridized carbons (Fsp3) is 0.450. The van der Waals surface area contributed by atoms with E-state index in [1.807, 2.05) is 24.3 Å². The molecule has 0 aromatic carbocycles. The molecule has 3 rings (SSSR count). The van der Waals surface area contributed by atoms with Crippen LogP contribution in [0.3, 0.4) is 0 Å². The third kappa shape index (κ3) is 4.74. The predicted octanol–water partition coefficient (Wildman–Crippen LogP) is 3.12. The number of pyridine rings is 2. The third-order valence-electron chi connectivity index (χ3n) is 4.92. The summed E-state index contributed by atoms with van der Waals surface area (Å²) in [4.78, 5) is 20.6. The Bertz CT molecular complexity index is 807. The molecule has 144 valence electrons. The van der Waals surface area contributed by atoms with Crippen LogP contribution in [-0.4, -0.2) is 28.0 Å². The summed E-state index contributed by atoms with van der Waals surface area (Å²) in [6.45, 7) is 4.17. The van der Waals surface area contributed by atoms with Gasteiger partial charge in [0.05, 0.1) is 17.6 Å². The number of nitrogens with one attached hydrogen (secondary N) is 2. The van der Waals surface area contributed by atoms with Crippen LogP contribution in [0.2, 0.25) is 0 Å². The van der Waals surface area contributed by atoms with Gasteiger partial charge in [-0.15, -0.1) is 0 Å². The van der Waals surface area contributed by atoms with Crippen molar-refractivity contribution in [1.82, 2.24) is 9.97 Å². The number of amides is 1. The zero-order valence-electron chi connectivity index (χ0n) is 15.9. The highest BCUT2D eigenvalue weighted by atomic mass is 16.1. The molecule has 2 aromatic heterocycles. The maximum Gasteiger partial charge on any atom is 0.269 e. The van der Waals surface area contributed by atoms with E-state index in [0.29, 0.717) is 17.4 Å². The van der Waals surface area contributed by atoms with Crippen molar-refractivity contribution >= 4 is 23.1 Å². The lowest BCUT2D eigenvalue weighted by Gasteiger charge is -2.30. The van der Waals surface area contributed by atoms with Crippen molar-refractivity contribution in [2.75, 3.05) is 10.6 Å². The van der Waals surface area contributed by atoms with Gasteiger partial charge in [-0.3, -0.25) is 4.79 Å². The van der Waals surface area contributed by atoms with E-state index < -0.39 is 5.91 Å². The first kappa shape index (κ1) is 19.1. The number of nitrogens with zero attached hydrogens (tertiary/aromatic N) is 2. The number of anilines is 3. The molecule has 1 aliphatic rings. The molecular formula is C20H28N6O. The predicted molar refractivity (Wildman–Crippen MR) is 108 cm³/mol. The van der Waals surface area contributed by atoms with Crippen LogP contribution in [0.1, 0.15) is 61.6 Å². The molecule has 2 heterocycles. The summed E-state index contributed by atoms with van der Waals surface area (Å²) in [6, 6.07) is 7.94. The Morgan fingerprint density at radius 1 is 1.26 bits per heavy atom. The van der Waals surface area contributed by atoms with Gasteiger partial charge in [0.1, 0.15) is 5.82 Å². The number of hydrogen-bond acceptors (Lipinski definition) is 6. The largest absolute Gasteiger partial charge is 0.379 e. The van der Waals surface area contributed by atoms with E-state index in [2.05, 4.69) is 34.4 Å². The van der Waals surface area contributed by atoms with Gasteiger partial charge >= 0.3 is 0 Å². The van der Waals surface area contributed by atoms with Crippen LogP contribution in [0.15, 0.2) is 30.5 Å². The molecular weight excluding hydrogens is 340 g/mol. The lowest BCUT2D eigenvalue weighted by atomic mass is 9.91. The zero-order chi connectivity index (χ0) is 19.4. The Morgan fingerprint density at radius 2 is 2.04 bits per heavy atom. The second kappa shape index (κ2) is 8.35. The van der Waals surface area contributed by atoms with Crippen LogP contribution < -0.4 is 22.1 Å². The molecule has 2 atom stereocenters. The van der Waals surface area contributed by atoms with Gasteiger partial charge in [-0.05, 0) is 37.0 Å². The lowest BCUT2D eigenvalue weighted by molar-refractivity contribution is 0.0996. The van der Waals surface area contributed by atoms with Gasteiger partial charge in [-0.25, -0.2) is 9.97 Å². The average Bonchev–Trinajstić information content (AvgIpc) is 2.64. The number of nitrogens with two attached hydrogens (primary N) is 2. The second-order valence-electron chi connectivity index (χ2n) is 7.41. The molecule has 0 saturated heterocycles. The standard InChI is InChI=1S/C20H28N6O/c1-12(2)15-8-5-9-18(25-15)26-17-10-13(11-23-19(17)20(22)27)24-16-7-4-3-6-14(16)21/h5,8-12,14,16,24H,3-4,6-7,21H2,1-2H3,(H2,22,27)(H,25,26)/t14-,16+/m0/s1. The van der Waals surface area contributed by atoms with Crippen molar-refractivity contribution < 1.29 is 4.79 Å². The normalized spacial score (nSPS) is 19.7. The van der Waals surface area contributed by atoms with E-state index in [1.165, 1.54) is 6.42 Å². The van der Waals surface area contributed by atoms with Gasteiger partial charge in [-0.1, -0.05) is 32.8 Å². The maximum atomic E-state index is 11.8. The van der Waals surface area contributed by atoms with E-state index in [9.17, 15) is 4.79 Å². The lowest BCUT2D eigenvalue weighted by Crippen LogP contribution is -2.42. The van der Waals surface area contributed by atoms with E-state index in [4.69, 9.17) is 11.5 Å². The second-order valence-corrected chi connectivity index (χ2v) is 7.41. The molecule has 2 aromatic rings. The Balaban J connectivity index is 1.85. The SMILES string of the molecule is CC(C)c1cccc(Nc2cc(N[C@@H]3CCCC[C@@H]3N)cnc2C(N)=O)n1. The number of carbonyl (C=O) groups excluding carboxylic acids is 1. The summed E-state index contributed by atoms with van der Waals surface area (Å²) in [5.41, 5.74) is 14.2. The molecule has 1 saturated carbocycles. The first-order valence-corrected chi connectivity index (χ1v) is 9.50. The van der Waals surface area contributed by atoms with Crippen LogP contribution in [0.25, 0.3) is 0 Å². The van der Waals surface area contributed by atoms with Crippen molar-refractivity contribution in [3.05, 3.63) is 41.9 Å². The monoisotopic (exact) mass is 368 g/mol. The first-order valence-electron chi connectivity index (χ1n) is 9.50. The van der Waals surface area contributed by atoms with Gasteiger partial charge in [0.2, 0.25) is 0 Å². The third-order valence-corrected chi connectivity index (χ3v) is 4.92. The number of carbonyl (C=O) groups is 1. The highest BCUT2D eigenvalue weighted by molar-refractivity contribution is 5.97. The van der Waals surface area contributed by atoms with Crippen LogP contribution in [0.4, 0.5) is 17.2 Å². The molecule has 0 radical (unpaired) electrons. The van der Waals surface area contributed by atoms with E-state index in [1.54, 1.807) is 6.20 Å². The summed E-state index contributed by atoms with van der Waals surface area (Å²) in [5, 5.41) is 6.64. The topological polar surface area (TPSA) is 119 Å². The molecule has 1 fully saturated rings. The van der Waals surface area contributed by atoms with E-state index in [0.717, 1.165) is 30.6 Å². The molecule has 7 heteroatoms. The van der Waals surface area contributed by atoms with Crippen LogP contribution in [0, 0.1) is 0 Å². The van der Waals surface area contributed by atoms with Crippen LogP contribution >= 0.6 is 0 Å². The fourth-order valence-electron chi connectivity index (χ4n) is 3.37. The molecule has 0 bridgehead atoms. The maximum absolute atomic E-state index is 11.8. The van der Waals surface area contributed by atoms with E-state index >= 15 is 0 Å². The number of rotatable bonds is 6. The average molecular weight is 368 g/mol. The minimum Gasteiger partial charge on any atom is -0.379 e. The zero-order valence-corrected chi connectivity index (χ0v) is 15.9. The summed E-state index contributed by atoms with van der Waals surface area (Å²) in [5.74, 6) is 0.372. The van der Waals surface area contributed by atoms with Gasteiger partial charge in [0, 0.05) is 17.8 Å². The van der Waals surface area contributed by atoms with Crippen molar-refractivity contribution in [2.45, 2.75) is 57.5 Å². The van der Waals surface area contributed by atoms with Gasteiger partial charge in [0.15, 0.2) is 5.69 Å². The summed E-state index contributed by atoms with van der Waals surface area (Å²) >= 11 is 0. The quantitative estimate of drug-likeness (QED) is 0.622. The molecule has 6 N–H and O–H groups in total. The summed E-state index contributed by atoms with van der Waals surface area (Å²) in [6.07, 6.45) is 6.00. The van der Waals surface area contributed by atoms with Crippen LogP contribution in [0.5, 0.6) is 0 Å². The highest BCUT2D eigenvalue weighted by Crippen LogP contribution is 2.26. The minimum absolute atomic E-state index is 0.121. The molecule has 27 heavy (non-hydrogen) atoms. The Kier molecular flexibility index (Phi) is 5.91. The molecule has 1 amide bonds. The molecule has 0 spiro atoms. The van der Waals surface area contributed by atoms with Gasteiger partial charge < -0.3 is 22.1 Å². The number of aromatic nitrogens is 2. The summed E-state index contributed by atoms with van der Waals surface area (Å²) in [7, 11) is 0. The molecule has 0 unspecified atom stereocenters. The Morgan fingerprint density at radius 3 is 2.74 bits per heavy atom.